The van der Waals surface area contributed by atoms with Crippen LogP contribution in [0.15, 0.2) is 18.5 Å². The van der Waals surface area contributed by atoms with Gasteiger partial charge in [-0.2, -0.15) is 0 Å². The van der Waals surface area contributed by atoms with Crippen molar-refractivity contribution in [2.45, 2.75) is 32.1 Å². The summed E-state index contributed by atoms with van der Waals surface area (Å²) in [6.45, 7) is 2.11. The van der Waals surface area contributed by atoms with Gasteiger partial charge in [-0.25, -0.2) is 9.97 Å². The van der Waals surface area contributed by atoms with Gasteiger partial charge in [-0.1, -0.05) is 0 Å². The number of nitrogens with zero attached hydrogens (tertiary/aromatic N) is 3. The summed E-state index contributed by atoms with van der Waals surface area (Å²) in [6, 6.07) is 1.99. The fourth-order valence-corrected chi connectivity index (χ4v) is 3.35. The standard InChI is InChI=1S/C18H23N5O/c1-19-17-14-10-20-16(22-18(24)12-5-6-12)9-13(14)15(11-21-17)23-7-3-2-4-8-23/h9-12H,2-8H2,1H3,(H,19,21)(H,20,22,24). The molecular formula is C18H23N5O. The number of hydrogen-bond acceptors (Lipinski definition) is 5. The van der Waals surface area contributed by atoms with E-state index in [0.717, 1.165) is 48.2 Å². The van der Waals surface area contributed by atoms with E-state index in [0.29, 0.717) is 5.82 Å². The first kappa shape index (κ1) is 15.2. The van der Waals surface area contributed by atoms with Crippen LogP contribution in [0.5, 0.6) is 0 Å². The van der Waals surface area contributed by atoms with E-state index in [1.54, 1.807) is 0 Å². The molecule has 126 valence electrons. The third kappa shape index (κ3) is 2.88. The first-order valence-electron chi connectivity index (χ1n) is 8.78. The lowest BCUT2D eigenvalue weighted by Gasteiger charge is -2.29. The van der Waals surface area contributed by atoms with Crippen molar-refractivity contribution in [1.82, 2.24) is 9.97 Å². The maximum atomic E-state index is 12.0. The molecule has 24 heavy (non-hydrogen) atoms. The summed E-state index contributed by atoms with van der Waals surface area (Å²) >= 11 is 0. The number of nitrogens with one attached hydrogen (secondary N) is 2. The van der Waals surface area contributed by atoms with E-state index in [2.05, 4.69) is 25.5 Å². The van der Waals surface area contributed by atoms with E-state index < -0.39 is 0 Å². The Morgan fingerprint density at radius 1 is 1.12 bits per heavy atom. The van der Waals surface area contributed by atoms with Crippen molar-refractivity contribution < 1.29 is 4.79 Å². The average Bonchev–Trinajstić information content (AvgIpc) is 3.46. The van der Waals surface area contributed by atoms with Crippen LogP contribution in [0, 0.1) is 5.92 Å². The van der Waals surface area contributed by atoms with Gasteiger partial charge in [0.15, 0.2) is 0 Å². The maximum absolute atomic E-state index is 12.0. The summed E-state index contributed by atoms with van der Waals surface area (Å²) < 4.78 is 0. The maximum Gasteiger partial charge on any atom is 0.228 e. The molecule has 2 aliphatic rings. The lowest BCUT2D eigenvalue weighted by molar-refractivity contribution is -0.117. The molecule has 0 spiro atoms. The van der Waals surface area contributed by atoms with Crippen LogP contribution < -0.4 is 15.5 Å². The van der Waals surface area contributed by atoms with Crippen molar-refractivity contribution in [2.24, 2.45) is 5.92 Å². The molecule has 0 radical (unpaired) electrons. The van der Waals surface area contributed by atoms with E-state index in [-0.39, 0.29) is 11.8 Å². The van der Waals surface area contributed by atoms with E-state index >= 15 is 0 Å². The molecule has 6 heteroatoms. The number of fused-ring (bicyclic) bond motifs is 1. The molecule has 0 atom stereocenters. The zero-order valence-electron chi connectivity index (χ0n) is 14.0. The number of carbonyl (C=O) groups is 1. The third-order valence-electron chi connectivity index (χ3n) is 4.88. The Labute approximate surface area is 141 Å². The molecule has 0 bridgehead atoms. The minimum atomic E-state index is 0.0873. The average molecular weight is 325 g/mol. The minimum Gasteiger partial charge on any atom is -0.373 e. The molecule has 0 aromatic carbocycles. The first-order chi connectivity index (χ1) is 11.8. The Bertz CT molecular complexity index is 765. The fourth-order valence-electron chi connectivity index (χ4n) is 3.35. The molecular weight excluding hydrogens is 302 g/mol. The Balaban J connectivity index is 1.74. The molecule has 1 amide bonds. The SMILES string of the molecule is CNc1ncc(N2CCCCC2)c2cc(NC(=O)C3CC3)ncc12. The van der Waals surface area contributed by atoms with Gasteiger partial charge in [-0.05, 0) is 38.2 Å². The summed E-state index contributed by atoms with van der Waals surface area (Å²) in [6.07, 6.45) is 9.45. The van der Waals surface area contributed by atoms with Gasteiger partial charge in [0.1, 0.15) is 11.6 Å². The number of piperidine rings is 1. The van der Waals surface area contributed by atoms with Crippen LogP contribution in [0.3, 0.4) is 0 Å². The molecule has 2 fully saturated rings. The van der Waals surface area contributed by atoms with Gasteiger partial charge < -0.3 is 15.5 Å². The molecule has 3 heterocycles. The van der Waals surface area contributed by atoms with Gasteiger partial charge in [0, 0.05) is 43.0 Å². The van der Waals surface area contributed by atoms with Crippen LogP contribution in [0.4, 0.5) is 17.3 Å². The molecule has 2 aromatic heterocycles. The number of aromatic nitrogens is 2. The Morgan fingerprint density at radius 2 is 1.92 bits per heavy atom. The summed E-state index contributed by atoms with van der Waals surface area (Å²) in [5.74, 6) is 1.71. The van der Waals surface area contributed by atoms with Crippen LogP contribution in [-0.2, 0) is 4.79 Å². The van der Waals surface area contributed by atoms with Gasteiger partial charge in [0.05, 0.1) is 11.9 Å². The van der Waals surface area contributed by atoms with Crippen molar-refractivity contribution in [3.8, 4) is 0 Å². The molecule has 4 rings (SSSR count). The predicted molar refractivity (Wildman–Crippen MR) is 96.5 cm³/mol. The molecule has 2 N–H and O–H groups in total. The van der Waals surface area contributed by atoms with Crippen molar-refractivity contribution in [3.63, 3.8) is 0 Å². The highest BCUT2D eigenvalue weighted by Crippen LogP contribution is 2.34. The predicted octanol–water partition coefficient (Wildman–Crippen LogP) is 3.01. The highest BCUT2D eigenvalue weighted by atomic mass is 16.2. The minimum absolute atomic E-state index is 0.0873. The van der Waals surface area contributed by atoms with E-state index in [9.17, 15) is 4.79 Å². The Hall–Kier alpha value is -2.37. The second kappa shape index (κ2) is 6.26. The number of amides is 1. The molecule has 1 aliphatic heterocycles. The van der Waals surface area contributed by atoms with E-state index in [1.807, 2.05) is 25.5 Å². The summed E-state index contributed by atoms with van der Waals surface area (Å²) in [7, 11) is 1.87. The molecule has 2 aromatic rings. The van der Waals surface area contributed by atoms with Gasteiger partial charge in [0.25, 0.3) is 0 Å². The van der Waals surface area contributed by atoms with Crippen molar-refractivity contribution in [2.75, 3.05) is 35.7 Å². The molecule has 0 unspecified atom stereocenters. The number of rotatable bonds is 4. The quantitative estimate of drug-likeness (QED) is 0.904. The van der Waals surface area contributed by atoms with Crippen LogP contribution in [0.1, 0.15) is 32.1 Å². The fraction of sp³-hybridized carbons (Fsp3) is 0.500. The van der Waals surface area contributed by atoms with Crippen LogP contribution in [0.2, 0.25) is 0 Å². The van der Waals surface area contributed by atoms with Crippen molar-refractivity contribution in [3.05, 3.63) is 18.5 Å². The number of pyridine rings is 2. The monoisotopic (exact) mass is 325 g/mol. The Kier molecular flexibility index (Phi) is 3.96. The van der Waals surface area contributed by atoms with Crippen LogP contribution in [0.25, 0.3) is 10.8 Å². The largest absolute Gasteiger partial charge is 0.373 e. The normalized spacial score (nSPS) is 17.8. The van der Waals surface area contributed by atoms with E-state index in [1.165, 1.54) is 19.3 Å². The molecule has 1 saturated carbocycles. The lowest BCUT2D eigenvalue weighted by atomic mass is 10.1. The van der Waals surface area contributed by atoms with Crippen LogP contribution >= 0.6 is 0 Å². The summed E-state index contributed by atoms with van der Waals surface area (Å²) in [5.41, 5.74) is 1.13. The first-order valence-corrected chi connectivity index (χ1v) is 8.78. The lowest BCUT2D eigenvalue weighted by Crippen LogP contribution is -2.29. The second-order valence-electron chi connectivity index (χ2n) is 6.67. The highest BCUT2D eigenvalue weighted by Gasteiger charge is 2.30. The highest BCUT2D eigenvalue weighted by molar-refractivity contribution is 6.02. The summed E-state index contributed by atoms with van der Waals surface area (Å²) in [5, 5.41) is 8.17. The van der Waals surface area contributed by atoms with Gasteiger partial charge in [-0.3, -0.25) is 4.79 Å². The van der Waals surface area contributed by atoms with Crippen LogP contribution in [-0.4, -0.2) is 36.0 Å². The van der Waals surface area contributed by atoms with Gasteiger partial charge in [-0.15, -0.1) is 0 Å². The van der Waals surface area contributed by atoms with Crippen molar-refractivity contribution >= 4 is 34.0 Å². The number of anilines is 3. The smallest absolute Gasteiger partial charge is 0.228 e. The molecule has 6 nitrogen and oxygen atoms in total. The zero-order valence-corrected chi connectivity index (χ0v) is 14.0. The zero-order chi connectivity index (χ0) is 16.5. The van der Waals surface area contributed by atoms with Gasteiger partial charge in [0.2, 0.25) is 5.91 Å². The van der Waals surface area contributed by atoms with Gasteiger partial charge >= 0.3 is 0 Å². The second-order valence-corrected chi connectivity index (χ2v) is 6.67. The topological polar surface area (TPSA) is 70.2 Å². The van der Waals surface area contributed by atoms with E-state index in [4.69, 9.17) is 0 Å². The summed E-state index contributed by atoms with van der Waals surface area (Å²) in [4.78, 5) is 23.4. The third-order valence-corrected chi connectivity index (χ3v) is 4.88. The number of carbonyl (C=O) groups excluding carboxylic acids is 1. The molecule has 1 saturated heterocycles. The number of hydrogen-bond donors (Lipinski definition) is 2. The Morgan fingerprint density at radius 3 is 2.62 bits per heavy atom. The van der Waals surface area contributed by atoms with Crippen molar-refractivity contribution in [1.29, 1.82) is 0 Å². The molecule has 1 aliphatic carbocycles.